The van der Waals surface area contributed by atoms with Crippen LogP contribution in [0.15, 0.2) is 12.7 Å². The van der Waals surface area contributed by atoms with Crippen LogP contribution in [0, 0.1) is 0 Å². The fourth-order valence-electron chi connectivity index (χ4n) is 0.233. The van der Waals surface area contributed by atoms with E-state index in [2.05, 4.69) is 6.58 Å². The number of hydrogen-bond acceptors (Lipinski definition) is 0. The molecule has 2 unspecified atom stereocenters. The molecule has 0 aliphatic heterocycles. The van der Waals surface area contributed by atoms with Gasteiger partial charge >= 0.3 is 0 Å². The average molecular weight is 173 g/mol. The molecule has 0 aromatic carbocycles. The predicted molar refractivity (Wildman–Crippen MR) is 40.2 cm³/mol. The van der Waals surface area contributed by atoms with E-state index in [-0.39, 0.29) is 10.8 Å². The molecule has 0 heterocycles. The number of allylic oxidation sites excluding steroid dienone is 1. The molecule has 48 valence electrons. The van der Waals surface area contributed by atoms with Gasteiger partial charge < -0.3 is 0 Å². The second-order valence-corrected chi connectivity index (χ2v) is 2.72. The summed E-state index contributed by atoms with van der Waals surface area (Å²) in [7, 11) is 0. The number of rotatable bonds is 3. The van der Waals surface area contributed by atoms with Gasteiger partial charge in [0.25, 0.3) is 0 Å². The van der Waals surface area contributed by atoms with Crippen molar-refractivity contribution in [3.8, 4) is 0 Å². The molecule has 0 nitrogen and oxygen atoms in total. The van der Waals surface area contributed by atoms with Crippen LogP contribution >= 0.6 is 34.8 Å². The molecule has 0 rings (SSSR count). The highest BCUT2D eigenvalue weighted by Gasteiger charge is 2.10. The molecule has 0 fully saturated rings. The number of alkyl halides is 3. The van der Waals surface area contributed by atoms with Crippen molar-refractivity contribution < 1.29 is 0 Å². The highest BCUT2D eigenvalue weighted by molar-refractivity contribution is 6.34. The van der Waals surface area contributed by atoms with Crippen LogP contribution in [0.4, 0.5) is 0 Å². The van der Waals surface area contributed by atoms with Crippen LogP contribution in [0.25, 0.3) is 0 Å². The smallest absolute Gasteiger partial charge is 0.0688 e. The van der Waals surface area contributed by atoms with Crippen LogP contribution in [0.3, 0.4) is 0 Å². The number of halogens is 3. The Kier molecular flexibility index (Phi) is 4.83. The molecule has 0 saturated heterocycles. The Bertz CT molecular complexity index is 72.1. The fraction of sp³-hybridized carbons (Fsp3) is 0.600. The van der Waals surface area contributed by atoms with Gasteiger partial charge in [-0.2, -0.15) is 0 Å². The highest BCUT2D eigenvalue weighted by Crippen LogP contribution is 2.11. The Morgan fingerprint density at radius 3 is 2.12 bits per heavy atom. The Labute approximate surface area is 64.4 Å². The maximum absolute atomic E-state index is 5.58. The normalized spacial score (nSPS) is 17.4. The van der Waals surface area contributed by atoms with Gasteiger partial charge in [-0.25, -0.2) is 0 Å². The van der Waals surface area contributed by atoms with Crippen LogP contribution in [-0.2, 0) is 0 Å². The first-order chi connectivity index (χ1) is 3.72. The maximum Gasteiger partial charge on any atom is 0.0688 e. The van der Waals surface area contributed by atoms with E-state index in [0.717, 1.165) is 0 Å². The zero-order chi connectivity index (χ0) is 6.57. The first kappa shape index (κ1) is 8.61. The summed E-state index contributed by atoms with van der Waals surface area (Å²) in [5.74, 6) is 0.363. The lowest BCUT2D eigenvalue weighted by molar-refractivity contribution is 0.986. The Balaban J connectivity index is 3.44. The molecule has 8 heavy (non-hydrogen) atoms. The minimum absolute atomic E-state index is 0.198. The third-order valence-corrected chi connectivity index (χ3v) is 2.25. The summed E-state index contributed by atoms with van der Waals surface area (Å²) in [6.45, 7) is 3.45. The largest absolute Gasteiger partial charge is 0.125 e. The summed E-state index contributed by atoms with van der Waals surface area (Å²) in [5, 5.41) is -0.412. The molecule has 0 saturated carbocycles. The minimum Gasteiger partial charge on any atom is -0.125 e. The zero-order valence-corrected chi connectivity index (χ0v) is 6.55. The monoisotopic (exact) mass is 172 g/mol. The standard InChI is InChI=1S/C5H7Cl3/c1-2-4(7)5(8)3-6/h2,4-5H,1,3H2. The lowest BCUT2D eigenvalue weighted by Gasteiger charge is -2.05. The molecule has 0 aliphatic rings. The molecule has 3 heteroatoms. The second-order valence-electron chi connectivity index (χ2n) is 1.35. The highest BCUT2D eigenvalue weighted by atomic mass is 35.5. The second kappa shape index (κ2) is 4.49. The van der Waals surface area contributed by atoms with Gasteiger partial charge in [-0.3, -0.25) is 0 Å². The van der Waals surface area contributed by atoms with Crippen molar-refractivity contribution in [2.45, 2.75) is 10.8 Å². The van der Waals surface area contributed by atoms with E-state index in [1.54, 1.807) is 6.08 Å². The van der Waals surface area contributed by atoms with Crippen molar-refractivity contribution in [1.82, 2.24) is 0 Å². The summed E-state index contributed by atoms with van der Waals surface area (Å²) < 4.78 is 0. The average Bonchev–Trinajstić information content (AvgIpc) is 1.84. The Hall–Kier alpha value is 0.610. The van der Waals surface area contributed by atoms with Gasteiger partial charge in [0.1, 0.15) is 0 Å². The van der Waals surface area contributed by atoms with Crippen molar-refractivity contribution in [1.29, 1.82) is 0 Å². The van der Waals surface area contributed by atoms with Gasteiger partial charge in [0, 0.05) is 5.88 Å². The molecular formula is C5H7Cl3. The van der Waals surface area contributed by atoms with Crippen LogP contribution in [0.2, 0.25) is 0 Å². The minimum atomic E-state index is -0.214. The van der Waals surface area contributed by atoms with E-state index in [0.29, 0.717) is 5.88 Å². The van der Waals surface area contributed by atoms with Gasteiger partial charge in [-0.1, -0.05) is 6.08 Å². The predicted octanol–water partition coefficient (Wildman–Crippen LogP) is 2.63. The summed E-state index contributed by atoms with van der Waals surface area (Å²) in [5.41, 5.74) is 0. The van der Waals surface area contributed by atoms with Crippen LogP contribution in [0.5, 0.6) is 0 Å². The van der Waals surface area contributed by atoms with Crippen LogP contribution in [-0.4, -0.2) is 16.6 Å². The fourth-order valence-corrected chi connectivity index (χ4v) is 0.708. The van der Waals surface area contributed by atoms with Gasteiger partial charge in [0.2, 0.25) is 0 Å². The molecule has 0 amide bonds. The summed E-state index contributed by atoms with van der Waals surface area (Å²) in [4.78, 5) is 0. The molecule has 0 aromatic rings. The lowest BCUT2D eigenvalue weighted by Crippen LogP contribution is -2.12. The lowest BCUT2D eigenvalue weighted by atomic mass is 10.3. The van der Waals surface area contributed by atoms with Crippen molar-refractivity contribution in [2.75, 3.05) is 5.88 Å². The van der Waals surface area contributed by atoms with Crippen molar-refractivity contribution in [3.05, 3.63) is 12.7 Å². The van der Waals surface area contributed by atoms with E-state index in [9.17, 15) is 0 Å². The zero-order valence-electron chi connectivity index (χ0n) is 4.28. The third-order valence-electron chi connectivity index (χ3n) is 0.718. The first-order valence-corrected chi connectivity index (χ1v) is 3.59. The molecule has 0 aromatic heterocycles. The van der Waals surface area contributed by atoms with Crippen molar-refractivity contribution >= 4 is 34.8 Å². The van der Waals surface area contributed by atoms with Gasteiger partial charge in [-0.15, -0.1) is 41.4 Å². The van der Waals surface area contributed by atoms with E-state index in [1.165, 1.54) is 0 Å². The summed E-state index contributed by atoms with van der Waals surface area (Å²) in [6, 6.07) is 0. The number of hydrogen-bond donors (Lipinski definition) is 0. The van der Waals surface area contributed by atoms with Crippen molar-refractivity contribution in [2.24, 2.45) is 0 Å². The molecule has 0 aliphatic carbocycles. The van der Waals surface area contributed by atoms with Crippen LogP contribution < -0.4 is 0 Å². The van der Waals surface area contributed by atoms with E-state index in [1.807, 2.05) is 0 Å². The van der Waals surface area contributed by atoms with E-state index < -0.39 is 0 Å². The quantitative estimate of drug-likeness (QED) is 0.455. The molecular weight excluding hydrogens is 166 g/mol. The first-order valence-electron chi connectivity index (χ1n) is 2.19. The molecule has 0 radical (unpaired) electrons. The van der Waals surface area contributed by atoms with E-state index in [4.69, 9.17) is 34.8 Å². The molecule has 0 spiro atoms. The third kappa shape index (κ3) is 2.81. The molecule has 0 bridgehead atoms. The summed E-state index contributed by atoms with van der Waals surface area (Å²) >= 11 is 16.5. The maximum atomic E-state index is 5.58. The topological polar surface area (TPSA) is 0 Å². The molecule has 2 atom stereocenters. The SMILES string of the molecule is C=CC(Cl)C(Cl)CCl. The Morgan fingerprint density at radius 2 is 2.00 bits per heavy atom. The Morgan fingerprint density at radius 1 is 1.50 bits per heavy atom. The van der Waals surface area contributed by atoms with Crippen molar-refractivity contribution in [3.63, 3.8) is 0 Å². The molecule has 0 N–H and O–H groups in total. The van der Waals surface area contributed by atoms with E-state index >= 15 is 0 Å². The van der Waals surface area contributed by atoms with Gasteiger partial charge in [0.15, 0.2) is 0 Å². The summed E-state index contributed by atoms with van der Waals surface area (Å²) in [6.07, 6.45) is 1.57. The van der Waals surface area contributed by atoms with Crippen LogP contribution in [0.1, 0.15) is 0 Å². The van der Waals surface area contributed by atoms with Gasteiger partial charge in [-0.05, 0) is 0 Å². The van der Waals surface area contributed by atoms with Gasteiger partial charge in [0.05, 0.1) is 10.8 Å².